The van der Waals surface area contributed by atoms with Crippen LogP contribution in [-0.2, 0) is 17.9 Å². The number of rotatable bonds is 10. The van der Waals surface area contributed by atoms with Gasteiger partial charge in [-0.15, -0.1) is 11.3 Å². The van der Waals surface area contributed by atoms with Crippen LogP contribution in [0, 0.1) is 6.92 Å². The number of carbonyl (C=O) groups is 2. The van der Waals surface area contributed by atoms with Gasteiger partial charge >= 0.3 is 6.03 Å². The molecule has 0 bridgehead atoms. The number of unbranched alkanes of at least 4 members (excludes halogenated alkanes) is 1. The fourth-order valence-electron chi connectivity index (χ4n) is 3.00. The Hall–Kier alpha value is -2.34. The van der Waals surface area contributed by atoms with Gasteiger partial charge in [-0.2, -0.15) is 0 Å². The van der Waals surface area contributed by atoms with Gasteiger partial charge in [0.25, 0.3) is 0 Å². The third-order valence-corrected chi connectivity index (χ3v) is 5.69. The highest BCUT2D eigenvalue weighted by atomic mass is 32.1. The summed E-state index contributed by atoms with van der Waals surface area (Å²) in [6.45, 7) is 9.83. The molecule has 158 valence electrons. The second-order valence-corrected chi connectivity index (χ2v) is 8.93. The number of nitrogens with one attached hydrogen (secondary N) is 1. The van der Waals surface area contributed by atoms with E-state index in [1.807, 2.05) is 49.1 Å². The van der Waals surface area contributed by atoms with Crippen LogP contribution in [0.1, 0.15) is 48.9 Å². The Morgan fingerprint density at radius 3 is 2.38 bits per heavy atom. The van der Waals surface area contributed by atoms with E-state index < -0.39 is 0 Å². The van der Waals surface area contributed by atoms with Gasteiger partial charge < -0.3 is 15.1 Å². The Bertz CT molecular complexity index is 773. The van der Waals surface area contributed by atoms with Crippen molar-refractivity contribution in [2.24, 2.45) is 0 Å². The Kier molecular flexibility index (Phi) is 9.19. The van der Waals surface area contributed by atoms with Gasteiger partial charge in [0.15, 0.2) is 0 Å². The standard InChI is InChI=1S/C23H33N3O2S/c1-5-6-14-24-23(28)26(18(2)3)17-22(27)25(15-20-10-8-7-9-11-20)16-21-13-12-19(4)29-21/h7-13,18H,5-6,14-17H2,1-4H3,(H,24,28). The predicted molar refractivity (Wildman–Crippen MR) is 120 cm³/mol. The minimum Gasteiger partial charge on any atom is -0.338 e. The first-order valence-electron chi connectivity index (χ1n) is 10.3. The lowest BCUT2D eigenvalue weighted by Crippen LogP contribution is -2.49. The molecule has 29 heavy (non-hydrogen) atoms. The summed E-state index contributed by atoms with van der Waals surface area (Å²) in [4.78, 5) is 31.6. The second kappa shape index (κ2) is 11.6. The number of urea groups is 1. The Morgan fingerprint density at radius 2 is 1.79 bits per heavy atom. The van der Waals surface area contributed by atoms with E-state index in [2.05, 4.69) is 31.3 Å². The van der Waals surface area contributed by atoms with Crippen LogP contribution in [0.3, 0.4) is 0 Å². The van der Waals surface area contributed by atoms with Crippen LogP contribution in [-0.4, -0.2) is 40.9 Å². The predicted octanol–water partition coefficient (Wildman–Crippen LogP) is 4.81. The minimum absolute atomic E-state index is 0.0424. The smallest absolute Gasteiger partial charge is 0.318 e. The first-order valence-corrected chi connectivity index (χ1v) is 11.1. The van der Waals surface area contributed by atoms with E-state index in [0.717, 1.165) is 23.3 Å². The molecule has 6 heteroatoms. The summed E-state index contributed by atoms with van der Waals surface area (Å²) in [7, 11) is 0. The van der Waals surface area contributed by atoms with Gasteiger partial charge in [-0.3, -0.25) is 4.79 Å². The van der Waals surface area contributed by atoms with Gasteiger partial charge in [-0.25, -0.2) is 4.79 Å². The number of amides is 3. The quantitative estimate of drug-likeness (QED) is 0.567. The lowest BCUT2D eigenvalue weighted by atomic mass is 10.2. The number of benzene rings is 1. The summed E-state index contributed by atoms with van der Waals surface area (Å²) in [5.74, 6) is -0.0424. The van der Waals surface area contributed by atoms with Crippen LogP contribution in [0.4, 0.5) is 4.79 Å². The molecule has 1 aromatic heterocycles. The highest BCUT2D eigenvalue weighted by Crippen LogP contribution is 2.19. The molecule has 0 unspecified atom stereocenters. The zero-order valence-corrected chi connectivity index (χ0v) is 18.8. The van der Waals surface area contributed by atoms with Crippen molar-refractivity contribution in [1.29, 1.82) is 0 Å². The van der Waals surface area contributed by atoms with Crippen LogP contribution >= 0.6 is 11.3 Å². The van der Waals surface area contributed by atoms with Crippen LogP contribution < -0.4 is 5.32 Å². The molecular weight excluding hydrogens is 382 g/mol. The molecule has 0 aliphatic heterocycles. The molecule has 2 rings (SSSR count). The van der Waals surface area contributed by atoms with Crippen LogP contribution in [0.2, 0.25) is 0 Å². The van der Waals surface area contributed by atoms with Crippen molar-refractivity contribution >= 4 is 23.3 Å². The van der Waals surface area contributed by atoms with Gasteiger partial charge in [0.2, 0.25) is 5.91 Å². The van der Waals surface area contributed by atoms with Crippen molar-refractivity contribution in [1.82, 2.24) is 15.1 Å². The van der Waals surface area contributed by atoms with E-state index in [-0.39, 0.29) is 24.5 Å². The molecule has 3 amide bonds. The van der Waals surface area contributed by atoms with Crippen molar-refractivity contribution in [3.05, 3.63) is 57.8 Å². The molecule has 5 nitrogen and oxygen atoms in total. The average molecular weight is 416 g/mol. The van der Waals surface area contributed by atoms with E-state index in [9.17, 15) is 9.59 Å². The summed E-state index contributed by atoms with van der Waals surface area (Å²) in [6, 6.07) is 13.9. The third kappa shape index (κ3) is 7.54. The minimum atomic E-state index is -0.173. The highest BCUT2D eigenvalue weighted by molar-refractivity contribution is 7.11. The van der Waals surface area contributed by atoms with E-state index in [0.29, 0.717) is 19.6 Å². The van der Waals surface area contributed by atoms with Crippen LogP contribution in [0.15, 0.2) is 42.5 Å². The van der Waals surface area contributed by atoms with Crippen LogP contribution in [0.25, 0.3) is 0 Å². The van der Waals surface area contributed by atoms with E-state index >= 15 is 0 Å². The molecule has 2 aromatic rings. The summed E-state index contributed by atoms with van der Waals surface area (Å²) in [5, 5.41) is 2.93. The van der Waals surface area contributed by atoms with Gasteiger partial charge in [-0.05, 0) is 44.9 Å². The van der Waals surface area contributed by atoms with Crippen molar-refractivity contribution in [2.45, 2.75) is 59.7 Å². The van der Waals surface area contributed by atoms with E-state index in [1.165, 1.54) is 4.88 Å². The second-order valence-electron chi connectivity index (χ2n) is 7.55. The van der Waals surface area contributed by atoms with E-state index in [4.69, 9.17) is 0 Å². The lowest BCUT2D eigenvalue weighted by Gasteiger charge is -2.30. The lowest BCUT2D eigenvalue weighted by molar-refractivity contribution is -0.133. The molecule has 0 aliphatic carbocycles. The fraction of sp³-hybridized carbons (Fsp3) is 0.478. The Morgan fingerprint density at radius 1 is 1.07 bits per heavy atom. The molecule has 1 N–H and O–H groups in total. The summed E-state index contributed by atoms with van der Waals surface area (Å²) < 4.78 is 0. The van der Waals surface area contributed by atoms with Gasteiger partial charge in [-0.1, -0.05) is 43.7 Å². The number of nitrogens with zero attached hydrogens (tertiary/aromatic N) is 2. The average Bonchev–Trinajstić information content (AvgIpc) is 3.10. The Balaban J connectivity index is 2.12. The summed E-state index contributed by atoms with van der Waals surface area (Å²) >= 11 is 1.70. The van der Waals surface area contributed by atoms with Gasteiger partial charge in [0.1, 0.15) is 6.54 Å². The molecule has 0 spiro atoms. The molecular formula is C23H33N3O2S. The van der Waals surface area contributed by atoms with Crippen molar-refractivity contribution < 1.29 is 9.59 Å². The number of aryl methyl sites for hydroxylation is 1. The van der Waals surface area contributed by atoms with Gasteiger partial charge in [0.05, 0.1) is 6.54 Å². The molecule has 1 aromatic carbocycles. The SMILES string of the molecule is CCCCNC(=O)N(CC(=O)N(Cc1ccccc1)Cc1ccc(C)s1)C(C)C. The largest absolute Gasteiger partial charge is 0.338 e. The Labute approximate surface area is 178 Å². The van der Waals surface area contributed by atoms with Crippen LogP contribution in [0.5, 0.6) is 0 Å². The molecule has 0 radical (unpaired) electrons. The topological polar surface area (TPSA) is 52.7 Å². The summed E-state index contributed by atoms with van der Waals surface area (Å²) in [6.07, 6.45) is 1.95. The molecule has 0 saturated carbocycles. The van der Waals surface area contributed by atoms with Crippen molar-refractivity contribution in [3.8, 4) is 0 Å². The van der Waals surface area contributed by atoms with Crippen molar-refractivity contribution in [2.75, 3.05) is 13.1 Å². The normalized spacial score (nSPS) is 10.8. The first-order chi connectivity index (χ1) is 13.9. The number of thiophene rings is 1. The maximum absolute atomic E-state index is 13.2. The highest BCUT2D eigenvalue weighted by Gasteiger charge is 2.24. The monoisotopic (exact) mass is 415 g/mol. The molecule has 0 atom stereocenters. The maximum Gasteiger partial charge on any atom is 0.318 e. The molecule has 0 aliphatic rings. The third-order valence-electron chi connectivity index (χ3n) is 4.71. The molecule has 0 saturated heterocycles. The zero-order valence-electron chi connectivity index (χ0n) is 18.0. The first kappa shape index (κ1) is 22.9. The number of carbonyl (C=O) groups excluding carboxylic acids is 2. The van der Waals surface area contributed by atoms with Crippen molar-refractivity contribution in [3.63, 3.8) is 0 Å². The number of hydrogen-bond acceptors (Lipinski definition) is 3. The molecule has 1 heterocycles. The zero-order chi connectivity index (χ0) is 21.2. The molecule has 0 fully saturated rings. The summed E-state index contributed by atoms with van der Waals surface area (Å²) in [5.41, 5.74) is 1.08. The number of hydrogen-bond donors (Lipinski definition) is 1. The fourth-order valence-corrected chi connectivity index (χ4v) is 3.91. The van der Waals surface area contributed by atoms with Gasteiger partial charge in [0, 0.05) is 28.9 Å². The maximum atomic E-state index is 13.2. The van der Waals surface area contributed by atoms with E-state index in [1.54, 1.807) is 16.2 Å².